The molecule has 2 rings (SSSR count). The summed E-state index contributed by atoms with van der Waals surface area (Å²) in [5.74, 6) is 1.42. The number of rotatable bonds is 7. The van der Waals surface area contributed by atoms with Crippen LogP contribution in [0.1, 0.15) is 16.9 Å². The summed E-state index contributed by atoms with van der Waals surface area (Å²) in [6.45, 7) is 5.05. The zero-order valence-electron chi connectivity index (χ0n) is 13.6. The molecule has 7 heteroatoms. The van der Waals surface area contributed by atoms with Crippen LogP contribution >= 0.6 is 0 Å². The lowest BCUT2D eigenvalue weighted by Crippen LogP contribution is -2.38. The minimum absolute atomic E-state index is 0.269. The molecule has 0 radical (unpaired) electrons. The second-order valence-electron chi connectivity index (χ2n) is 5.29. The fourth-order valence-electron chi connectivity index (χ4n) is 2.07. The molecule has 0 saturated carbocycles. The van der Waals surface area contributed by atoms with Crippen molar-refractivity contribution in [2.75, 3.05) is 13.1 Å². The highest BCUT2D eigenvalue weighted by Gasteiger charge is 2.29. The number of hydrogen-bond donors (Lipinski definition) is 2. The molecule has 0 saturated heterocycles. The molecule has 1 aromatic carbocycles. The number of halogens is 3. The molecule has 0 unspecified atom stereocenters. The van der Waals surface area contributed by atoms with Gasteiger partial charge < -0.3 is 15.1 Å². The Hall–Kier alpha value is -2.70. The van der Waals surface area contributed by atoms with Gasteiger partial charge in [0.15, 0.2) is 5.96 Å². The van der Waals surface area contributed by atoms with Gasteiger partial charge in [-0.15, -0.1) is 6.58 Å². The number of guanidine groups is 1. The second kappa shape index (κ2) is 8.96. The van der Waals surface area contributed by atoms with Crippen LogP contribution in [-0.2, 0) is 19.1 Å². The first-order valence-corrected chi connectivity index (χ1v) is 7.80. The van der Waals surface area contributed by atoms with E-state index in [-0.39, 0.29) is 6.54 Å². The Labute approximate surface area is 144 Å². The molecule has 1 heterocycles. The second-order valence-corrected chi connectivity index (χ2v) is 5.29. The average molecular weight is 351 g/mol. The summed E-state index contributed by atoms with van der Waals surface area (Å²) < 4.78 is 42.9. The van der Waals surface area contributed by atoms with Gasteiger partial charge in [0.25, 0.3) is 0 Å². The van der Waals surface area contributed by atoms with Gasteiger partial charge in [-0.1, -0.05) is 18.2 Å². The first kappa shape index (κ1) is 18.6. The van der Waals surface area contributed by atoms with E-state index in [1.165, 1.54) is 12.1 Å². The highest BCUT2D eigenvalue weighted by atomic mass is 19.4. The fraction of sp³-hybridized carbons (Fsp3) is 0.278. The lowest BCUT2D eigenvalue weighted by Gasteiger charge is -2.11. The van der Waals surface area contributed by atoms with Crippen molar-refractivity contribution in [3.8, 4) is 0 Å². The van der Waals surface area contributed by atoms with Crippen molar-refractivity contribution in [3.05, 3.63) is 72.2 Å². The minimum atomic E-state index is -4.33. The molecular formula is C18H20F3N3O. The average Bonchev–Trinajstić information content (AvgIpc) is 3.10. The molecule has 0 aliphatic carbocycles. The van der Waals surface area contributed by atoms with Crippen molar-refractivity contribution in [3.63, 3.8) is 0 Å². The van der Waals surface area contributed by atoms with Gasteiger partial charge in [0.1, 0.15) is 5.76 Å². The standard InChI is InChI=1S/C18H20F3N3O/c1-2-10-22-17(23-11-9-16-4-3-12-25-16)24-13-14-5-7-15(8-6-14)18(19,20)21/h2-8,12H,1,9-11,13H2,(H2,22,23,24). The van der Waals surface area contributed by atoms with Crippen molar-refractivity contribution in [1.82, 2.24) is 10.6 Å². The van der Waals surface area contributed by atoms with Crippen LogP contribution in [0, 0.1) is 0 Å². The third-order valence-corrected chi connectivity index (χ3v) is 3.36. The maximum atomic E-state index is 12.6. The molecule has 4 nitrogen and oxygen atoms in total. The number of hydrogen-bond acceptors (Lipinski definition) is 2. The van der Waals surface area contributed by atoms with E-state index in [2.05, 4.69) is 22.2 Å². The van der Waals surface area contributed by atoms with Gasteiger partial charge in [0.05, 0.1) is 18.4 Å². The molecule has 0 atom stereocenters. The van der Waals surface area contributed by atoms with Crippen LogP contribution in [0.15, 0.2) is 64.7 Å². The number of alkyl halides is 3. The quantitative estimate of drug-likeness (QED) is 0.454. The molecule has 0 amide bonds. The minimum Gasteiger partial charge on any atom is -0.469 e. The molecule has 0 bridgehead atoms. The van der Waals surface area contributed by atoms with Gasteiger partial charge in [0.2, 0.25) is 0 Å². The van der Waals surface area contributed by atoms with Crippen LogP contribution < -0.4 is 10.6 Å². The molecule has 2 aromatic rings. The third kappa shape index (κ3) is 6.37. The predicted octanol–water partition coefficient (Wildman–Crippen LogP) is 3.76. The molecule has 1 aromatic heterocycles. The van der Waals surface area contributed by atoms with Gasteiger partial charge in [0, 0.05) is 19.5 Å². The summed E-state index contributed by atoms with van der Waals surface area (Å²) in [7, 11) is 0. The third-order valence-electron chi connectivity index (χ3n) is 3.36. The fourth-order valence-corrected chi connectivity index (χ4v) is 2.07. The first-order chi connectivity index (χ1) is 12.0. The van der Waals surface area contributed by atoms with Gasteiger partial charge in [-0.2, -0.15) is 13.2 Å². The van der Waals surface area contributed by atoms with Gasteiger partial charge in [-0.05, 0) is 29.8 Å². The molecule has 0 fully saturated rings. The van der Waals surface area contributed by atoms with E-state index in [4.69, 9.17) is 4.42 Å². The van der Waals surface area contributed by atoms with Crippen molar-refractivity contribution in [2.24, 2.45) is 4.99 Å². The van der Waals surface area contributed by atoms with E-state index < -0.39 is 11.7 Å². The Kier molecular flexibility index (Phi) is 6.68. The topological polar surface area (TPSA) is 49.6 Å². The van der Waals surface area contributed by atoms with Crippen LogP contribution in [0.5, 0.6) is 0 Å². The lowest BCUT2D eigenvalue weighted by molar-refractivity contribution is -0.137. The maximum absolute atomic E-state index is 12.6. The molecule has 0 aliphatic heterocycles. The van der Waals surface area contributed by atoms with Crippen molar-refractivity contribution >= 4 is 5.96 Å². The normalized spacial score (nSPS) is 12.0. The van der Waals surface area contributed by atoms with Crippen LogP contribution in [0.3, 0.4) is 0 Å². The van der Waals surface area contributed by atoms with Gasteiger partial charge >= 0.3 is 6.18 Å². The van der Waals surface area contributed by atoms with Crippen molar-refractivity contribution in [1.29, 1.82) is 0 Å². The lowest BCUT2D eigenvalue weighted by atomic mass is 10.1. The largest absolute Gasteiger partial charge is 0.469 e. The summed E-state index contributed by atoms with van der Waals surface area (Å²) in [6, 6.07) is 8.70. The number of nitrogens with zero attached hydrogens (tertiary/aromatic N) is 1. The van der Waals surface area contributed by atoms with E-state index in [0.29, 0.717) is 31.0 Å². The summed E-state index contributed by atoms with van der Waals surface area (Å²) in [5.41, 5.74) is 0.0283. The van der Waals surface area contributed by atoms with Gasteiger partial charge in [-0.25, -0.2) is 4.99 Å². The number of nitrogens with one attached hydrogen (secondary N) is 2. The molecule has 25 heavy (non-hydrogen) atoms. The highest BCUT2D eigenvalue weighted by Crippen LogP contribution is 2.29. The Balaban J connectivity index is 1.92. The Morgan fingerprint density at radius 3 is 2.52 bits per heavy atom. The van der Waals surface area contributed by atoms with E-state index in [1.807, 2.05) is 12.1 Å². The van der Waals surface area contributed by atoms with Crippen molar-refractivity contribution < 1.29 is 17.6 Å². The maximum Gasteiger partial charge on any atom is 0.416 e. The molecule has 0 spiro atoms. The predicted molar refractivity (Wildman–Crippen MR) is 91.2 cm³/mol. The van der Waals surface area contributed by atoms with E-state index in [9.17, 15) is 13.2 Å². The van der Waals surface area contributed by atoms with Crippen molar-refractivity contribution in [2.45, 2.75) is 19.1 Å². The van der Waals surface area contributed by atoms with Crippen LogP contribution in [0.25, 0.3) is 0 Å². The summed E-state index contributed by atoms with van der Waals surface area (Å²) in [5, 5.41) is 6.22. The SMILES string of the molecule is C=CCNC(=NCc1ccc(C(F)(F)F)cc1)NCCc1ccco1. The summed E-state index contributed by atoms with van der Waals surface area (Å²) in [6.07, 6.45) is -0.319. The van der Waals surface area contributed by atoms with E-state index in [1.54, 1.807) is 12.3 Å². The zero-order chi connectivity index (χ0) is 18.1. The van der Waals surface area contributed by atoms with Crippen LogP contribution in [0.4, 0.5) is 13.2 Å². The molecule has 0 aliphatic rings. The number of aliphatic imine (C=N–C) groups is 1. The van der Waals surface area contributed by atoms with E-state index in [0.717, 1.165) is 17.9 Å². The summed E-state index contributed by atoms with van der Waals surface area (Å²) in [4.78, 5) is 4.38. The zero-order valence-corrected chi connectivity index (χ0v) is 13.6. The summed E-state index contributed by atoms with van der Waals surface area (Å²) >= 11 is 0. The Morgan fingerprint density at radius 1 is 1.16 bits per heavy atom. The number of furan rings is 1. The molecule has 134 valence electrons. The molecular weight excluding hydrogens is 331 g/mol. The first-order valence-electron chi connectivity index (χ1n) is 7.80. The molecule has 2 N–H and O–H groups in total. The van der Waals surface area contributed by atoms with Crippen LogP contribution in [-0.4, -0.2) is 19.0 Å². The highest BCUT2D eigenvalue weighted by molar-refractivity contribution is 5.79. The smallest absolute Gasteiger partial charge is 0.416 e. The van der Waals surface area contributed by atoms with Crippen LogP contribution in [0.2, 0.25) is 0 Å². The Bertz CT molecular complexity index is 677. The monoisotopic (exact) mass is 351 g/mol. The Morgan fingerprint density at radius 2 is 1.92 bits per heavy atom. The number of benzene rings is 1. The van der Waals surface area contributed by atoms with Gasteiger partial charge in [-0.3, -0.25) is 0 Å². The van der Waals surface area contributed by atoms with E-state index >= 15 is 0 Å².